The van der Waals surface area contributed by atoms with Gasteiger partial charge in [-0.05, 0) is 18.1 Å². The van der Waals surface area contributed by atoms with Gasteiger partial charge in [-0.3, -0.25) is 0 Å². The predicted molar refractivity (Wildman–Crippen MR) is 79.0 cm³/mol. The summed E-state index contributed by atoms with van der Waals surface area (Å²) in [6, 6.07) is 6.41. The standard InChI is InChI=1S/C13H22N2O4S/c1-10(2)12(9-16)15-20(17,18)8-7-19-13-6-4-3-5-11(13)14/h3-6,10,12,15-16H,7-9,14H2,1-2H3/t12-/m1/s1. The van der Waals surface area contributed by atoms with E-state index < -0.39 is 16.1 Å². The van der Waals surface area contributed by atoms with Crippen LogP contribution >= 0.6 is 0 Å². The van der Waals surface area contributed by atoms with Crippen LogP contribution < -0.4 is 15.2 Å². The van der Waals surface area contributed by atoms with Crippen LogP contribution in [0.2, 0.25) is 0 Å². The molecule has 1 aromatic carbocycles. The van der Waals surface area contributed by atoms with Crippen molar-refractivity contribution in [1.29, 1.82) is 0 Å². The van der Waals surface area contributed by atoms with Gasteiger partial charge >= 0.3 is 0 Å². The van der Waals surface area contributed by atoms with Gasteiger partial charge in [0.15, 0.2) is 0 Å². The quantitative estimate of drug-likeness (QED) is 0.610. The Hall–Kier alpha value is -1.31. The molecular weight excluding hydrogens is 280 g/mol. The van der Waals surface area contributed by atoms with Crippen LogP contribution in [0.5, 0.6) is 5.75 Å². The van der Waals surface area contributed by atoms with Gasteiger partial charge in [0.1, 0.15) is 12.4 Å². The van der Waals surface area contributed by atoms with E-state index in [0.29, 0.717) is 11.4 Å². The van der Waals surface area contributed by atoms with Crippen LogP contribution in [-0.4, -0.2) is 38.5 Å². The SMILES string of the molecule is CC(C)[C@@H](CO)NS(=O)(=O)CCOc1ccccc1N. The molecule has 7 heteroatoms. The van der Waals surface area contributed by atoms with Crippen molar-refractivity contribution in [3.8, 4) is 5.75 Å². The molecule has 1 rings (SSSR count). The third-order valence-electron chi connectivity index (χ3n) is 2.86. The minimum Gasteiger partial charge on any atom is -0.490 e. The second-order valence-corrected chi connectivity index (χ2v) is 6.73. The summed E-state index contributed by atoms with van der Waals surface area (Å²) in [6.45, 7) is 3.44. The molecule has 0 aliphatic carbocycles. The first-order chi connectivity index (χ1) is 9.35. The molecule has 0 unspecified atom stereocenters. The molecular formula is C13H22N2O4S. The fourth-order valence-corrected chi connectivity index (χ4v) is 2.78. The Bertz CT molecular complexity index is 517. The third-order valence-corrected chi connectivity index (χ3v) is 4.23. The first kappa shape index (κ1) is 16.7. The number of nitrogens with one attached hydrogen (secondary N) is 1. The number of sulfonamides is 1. The van der Waals surface area contributed by atoms with Crippen LogP contribution in [0.25, 0.3) is 0 Å². The van der Waals surface area contributed by atoms with Gasteiger partial charge in [-0.1, -0.05) is 26.0 Å². The van der Waals surface area contributed by atoms with Crippen molar-refractivity contribution in [3.63, 3.8) is 0 Å². The number of hydrogen-bond donors (Lipinski definition) is 3. The zero-order valence-electron chi connectivity index (χ0n) is 11.7. The molecule has 0 aromatic heterocycles. The highest BCUT2D eigenvalue weighted by Crippen LogP contribution is 2.19. The van der Waals surface area contributed by atoms with E-state index in [0.717, 1.165) is 0 Å². The van der Waals surface area contributed by atoms with Crippen LogP contribution in [-0.2, 0) is 10.0 Å². The lowest BCUT2D eigenvalue weighted by Gasteiger charge is -2.19. The number of hydrogen-bond acceptors (Lipinski definition) is 5. The number of benzene rings is 1. The highest BCUT2D eigenvalue weighted by Gasteiger charge is 2.20. The van der Waals surface area contributed by atoms with E-state index >= 15 is 0 Å². The number of nitrogens with two attached hydrogens (primary N) is 1. The van der Waals surface area contributed by atoms with Crippen molar-refractivity contribution in [2.45, 2.75) is 19.9 Å². The van der Waals surface area contributed by atoms with Crippen molar-refractivity contribution >= 4 is 15.7 Å². The number of aliphatic hydroxyl groups is 1. The predicted octanol–water partition coefficient (Wildman–Crippen LogP) is 0.584. The number of nitrogen functional groups attached to an aromatic ring is 1. The van der Waals surface area contributed by atoms with E-state index in [4.69, 9.17) is 15.6 Å². The molecule has 4 N–H and O–H groups in total. The molecule has 20 heavy (non-hydrogen) atoms. The van der Waals surface area contributed by atoms with E-state index in [9.17, 15) is 8.42 Å². The lowest BCUT2D eigenvalue weighted by atomic mass is 10.1. The van der Waals surface area contributed by atoms with Gasteiger partial charge in [-0.15, -0.1) is 0 Å². The largest absolute Gasteiger partial charge is 0.490 e. The molecule has 0 aliphatic heterocycles. The second-order valence-electron chi connectivity index (χ2n) is 4.86. The molecule has 0 aliphatic rings. The fourth-order valence-electron chi connectivity index (χ4n) is 1.55. The summed E-state index contributed by atoms with van der Waals surface area (Å²) in [6.07, 6.45) is 0. The zero-order valence-corrected chi connectivity index (χ0v) is 12.6. The van der Waals surface area contributed by atoms with Gasteiger partial charge in [0.2, 0.25) is 10.0 Å². The van der Waals surface area contributed by atoms with Crippen molar-refractivity contribution in [3.05, 3.63) is 24.3 Å². The molecule has 0 saturated carbocycles. The van der Waals surface area contributed by atoms with Gasteiger partial charge < -0.3 is 15.6 Å². The van der Waals surface area contributed by atoms with Crippen LogP contribution in [0.4, 0.5) is 5.69 Å². The maximum absolute atomic E-state index is 11.8. The summed E-state index contributed by atoms with van der Waals surface area (Å²) in [5, 5.41) is 9.12. The van der Waals surface area contributed by atoms with Gasteiger partial charge in [-0.25, -0.2) is 13.1 Å². The van der Waals surface area contributed by atoms with Crippen LogP contribution in [0, 0.1) is 5.92 Å². The van der Waals surface area contributed by atoms with E-state index in [1.165, 1.54) is 0 Å². The lowest BCUT2D eigenvalue weighted by Crippen LogP contribution is -2.42. The lowest BCUT2D eigenvalue weighted by molar-refractivity contribution is 0.227. The van der Waals surface area contributed by atoms with E-state index in [2.05, 4.69) is 4.72 Å². The van der Waals surface area contributed by atoms with Gasteiger partial charge in [0.05, 0.1) is 18.0 Å². The van der Waals surface area contributed by atoms with Crippen LogP contribution in [0.15, 0.2) is 24.3 Å². The van der Waals surface area contributed by atoms with Crippen LogP contribution in [0.1, 0.15) is 13.8 Å². The second kappa shape index (κ2) is 7.47. The average Bonchev–Trinajstić information content (AvgIpc) is 2.38. The topological polar surface area (TPSA) is 102 Å². The van der Waals surface area contributed by atoms with Crippen molar-refractivity contribution in [2.24, 2.45) is 5.92 Å². The van der Waals surface area contributed by atoms with Crippen molar-refractivity contribution in [1.82, 2.24) is 4.72 Å². The van der Waals surface area contributed by atoms with Gasteiger partial charge in [0.25, 0.3) is 0 Å². The van der Waals surface area contributed by atoms with E-state index in [1.54, 1.807) is 24.3 Å². The maximum Gasteiger partial charge on any atom is 0.215 e. The summed E-state index contributed by atoms with van der Waals surface area (Å²) < 4.78 is 31.5. The third kappa shape index (κ3) is 5.36. The Balaban J connectivity index is 2.50. The highest BCUT2D eigenvalue weighted by atomic mass is 32.2. The Morgan fingerprint density at radius 2 is 2.00 bits per heavy atom. The molecule has 0 spiro atoms. The fraction of sp³-hybridized carbons (Fsp3) is 0.538. The number of anilines is 1. The van der Waals surface area contributed by atoms with Gasteiger partial charge in [-0.2, -0.15) is 0 Å². The number of aliphatic hydroxyl groups excluding tert-OH is 1. The highest BCUT2D eigenvalue weighted by molar-refractivity contribution is 7.89. The summed E-state index contributed by atoms with van der Waals surface area (Å²) in [7, 11) is -3.50. The molecule has 1 aromatic rings. The zero-order chi connectivity index (χ0) is 15.2. The minimum absolute atomic E-state index is 0.000208. The Labute approximate surface area is 120 Å². The van der Waals surface area contributed by atoms with Crippen LogP contribution in [0.3, 0.4) is 0 Å². The molecule has 1 atom stereocenters. The van der Waals surface area contributed by atoms with Crippen molar-refractivity contribution < 1.29 is 18.3 Å². The smallest absolute Gasteiger partial charge is 0.215 e. The maximum atomic E-state index is 11.8. The number of para-hydroxylation sites is 2. The Kier molecular flexibility index (Phi) is 6.25. The molecule has 114 valence electrons. The van der Waals surface area contributed by atoms with Crippen molar-refractivity contribution in [2.75, 3.05) is 24.7 Å². The minimum atomic E-state index is -3.50. The number of ether oxygens (including phenoxy) is 1. The van der Waals surface area contributed by atoms with Gasteiger partial charge in [0, 0.05) is 6.04 Å². The monoisotopic (exact) mass is 302 g/mol. The molecule has 0 saturated heterocycles. The van der Waals surface area contributed by atoms with E-state index in [-0.39, 0.29) is 24.9 Å². The first-order valence-electron chi connectivity index (χ1n) is 6.44. The summed E-state index contributed by atoms with van der Waals surface area (Å²) in [5.41, 5.74) is 6.16. The summed E-state index contributed by atoms with van der Waals surface area (Å²) in [4.78, 5) is 0. The molecule has 0 fully saturated rings. The summed E-state index contributed by atoms with van der Waals surface area (Å²) >= 11 is 0. The molecule has 0 bridgehead atoms. The van der Waals surface area contributed by atoms with E-state index in [1.807, 2.05) is 13.8 Å². The number of rotatable bonds is 8. The first-order valence-corrected chi connectivity index (χ1v) is 8.09. The normalized spacial score (nSPS) is 13.4. The average molecular weight is 302 g/mol. The summed E-state index contributed by atoms with van der Waals surface area (Å²) in [5.74, 6) is 0.288. The molecule has 0 amide bonds. The Morgan fingerprint density at radius 1 is 1.35 bits per heavy atom. The molecule has 0 radical (unpaired) electrons. The Morgan fingerprint density at radius 3 is 2.55 bits per heavy atom. The molecule has 0 heterocycles. The molecule has 6 nitrogen and oxygen atoms in total.